The second-order valence-corrected chi connectivity index (χ2v) is 3.84. The topological polar surface area (TPSA) is 66.0 Å². The average Bonchev–Trinajstić information content (AvgIpc) is 2.79. The summed E-state index contributed by atoms with van der Waals surface area (Å²) in [5.41, 5.74) is 0.542. The number of hydrazone groups is 1. The van der Waals surface area contributed by atoms with Gasteiger partial charge in [-0.2, -0.15) is 10.1 Å². The normalized spacial score (nSPS) is 11.8. The number of amides is 1. The Balaban J connectivity index is 2.42. The summed E-state index contributed by atoms with van der Waals surface area (Å²) in [5.74, 6) is 0.602. The SMILES string of the molecule is CCN(N=C(C)c1occ2ccccc12)C(=O)O. The van der Waals surface area contributed by atoms with E-state index in [4.69, 9.17) is 9.52 Å². The smallest absolute Gasteiger partial charge is 0.427 e. The number of benzene rings is 1. The Morgan fingerprint density at radius 1 is 1.44 bits per heavy atom. The van der Waals surface area contributed by atoms with Crippen molar-refractivity contribution in [3.8, 4) is 0 Å². The summed E-state index contributed by atoms with van der Waals surface area (Å²) in [6, 6.07) is 7.68. The average molecular weight is 246 g/mol. The Labute approximate surface area is 104 Å². The number of carboxylic acid groups (broad SMARTS) is 1. The van der Waals surface area contributed by atoms with Crippen LogP contribution in [0.2, 0.25) is 0 Å². The van der Waals surface area contributed by atoms with Crippen LogP contribution in [0.3, 0.4) is 0 Å². The third-order valence-electron chi connectivity index (χ3n) is 2.63. The van der Waals surface area contributed by atoms with Gasteiger partial charge in [-0.15, -0.1) is 0 Å². The van der Waals surface area contributed by atoms with Gasteiger partial charge in [0, 0.05) is 17.3 Å². The largest absolute Gasteiger partial charge is 0.464 e. The molecule has 0 spiro atoms. The summed E-state index contributed by atoms with van der Waals surface area (Å²) in [4.78, 5) is 10.9. The highest BCUT2D eigenvalue weighted by molar-refractivity contribution is 6.07. The zero-order valence-electron chi connectivity index (χ0n) is 10.3. The van der Waals surface area contributed by atoms with Crippen molar-refractivity contribution in [1.82, 2.24) is 5.01 Å². The molecule has 2 aromatic rings. The van der Waals surface area contributed by atoms with Crippen LogP contribution in [0.25, 0.3) is 10.8 Å². The van der Waals surface area contributed by atoms with E-state index in [1.165, 1.54) is 0 Å². The highest BCUT2D eigenvalue weighted by atomic mass is 16.4. The van der Waals surface area contributed by atoms with E-state index in [2.05, 4.69) is 5.10 Å². The quantitative estimate of drug-likeness (QED) is 0.668. The van der Waals surface area contributed by atoms with Crippen LogP contribution < -0.4 is 0 Å². The van der Waals surface area contributed by atoms with Crippen molar-refractivity contribution in [2.24, 2.45) is 5.10 Å². The maximum absolute atomic E-state index is 10.9. The fourth-order valence-corrected chi connectivity index (χ4v) is 1.75. The van der Waals surface area contributed by atoms with Crippen molar-refractivity contribution >= 4 is 22.6 Å². The molecule has 0 radical (unpaired) electrons. The van der Waals surface area contributed by atoms with E-state index in [0.717, 1.165) is 15.8 Å². The van der Waals surface area contributed by atoms with E-state index < -0.39 is 6.09 Å². The van der Waals surface area contributed by atoms with Gasteiger partial charge in [-0.3, -0.25) is 0 Å². The molecule has 0 aliphatic rings. The van der Waals surface area contributed by atoms with Gasteiger partial charge in [0.15, 0.2) is 5.76 Å². The minimum Gasteiger partial charge on any atom is -0.464 e. The molecule has 1 N–H and O–H groups in total. The minimum absolute atomic E-state index is 0.297. The summed E-state index contributed by atoms with van der Waals surface area (Å²) in [7, 11) is 0. The summed E-state index contributed by atoms with van der Waals surface area (Å²) >= 11 is 0. The second-order valence-electron chi connectivity index (χ2n) is 3.84. The van der Waals surface area contributed by atoms with E-state index in [1.54, 1.807) is 20.1 Å². The fraction of sp³-hybridized carbons (Fsp3) is 0.231. The lowest BCUT2D eigenvalue weighted by Gasteiger charge is -2.10. The zero-order valence-corrected chi connectivity index (χ0v) is 10.3. The van der Waals surface area contributed by atoms with Gasteiger partial charge in [0.1, 0.15) is 5.71 Å². The molecule has 0 aliphatic heterocycles. The van der Waals surface area contributed by atoms with Crippen LogP contribution in [-0.2, 0) is 0 Å². The third-order valence-corrected chi connectivity index (χ3v) is 2.63. The molecular formula is C13H14N2O3. The first kappa shape index (κ1) is 12.2. The van der Waals surface area contributed by atoms with Gasteiger partial charge in [-0.25, -0.2) is 4.79 Å². The number of hydrogen-bond acceptors (Lipinski definition) is 3. The molecule has 0 fully saturated rings. The molecule has 5 heteroatoms. The molecule has 1 amide bonds. The van der Waals surface area contributed by atoms with Crippen LogP contribution in [0.4, 0.5) is 4.79 Å². The fourth-order valence-electron chi connectivity index (χ4n) is 1.75. The Hall–Kier alpha value is -2.30. The summed E-state index contributed by atoms with van der Waals surface area (Å²) in [6.45, 7) is 3.76. The lowest BCUT2D eigenvalue weighted by atomic mass is 10.1. The van der Waals surface area contributed by atoms with Crippen molar-refractivity contribution in [2.45, 2.75) is 13.8 Å². The predicted octanol–water partition coefficient (Wildman–Crippen LogP) is 3.16. The second kappa shape index (κ2) is 4.91. The highest BCUT2D eigenvalue weighted by Gasteiger charge is 2.12. The van der Waals surface area contributed by atoms with Crippen molar-refractivity contribution < 1.29 is 14.3 Å². The van der Waals surface area contributed by atoms with Crippen LogP contribution in [0.15, 0.2) is 40.0 Å². The van der Waals surface area contributed by atoms with Gasteiger partial charge < -0.3 is 9.52 Å². The van der Waals surface area contributed by atoms with Crippen LogP contribution in [0.5, 0.6) is 0 Å². The van der Waals surface area contributed by atoms with E-state index in [-0.39, 0.29) is 0 Å². The maximum atomic E-state index is 10.9. The Morgan fingerprint density at radius 3 is 2.83 bits per heavy atom. The number of hydrogen-bond donors (Lipinski definition) is 1. The predicted molar refractivity (Wildman–Crippen MR) is 68.8 cm³/mol. The number of rotatable bonds is 3. The van der Waals surface area contributed by atoms with Gasteiger partial charge in [-0.05, 0) is 13.8 Å². The van der Waals surface area contributed by atoms with Crippen LogP contribution in [0, 0.1) is 0 Å². The Bertz CT molecular complexity index is 601. The molecule has 0 saturated carbocycles. The molecular weight excluding hydrogens is 232 g/mol. The Morgan fingerprint density at radius 2 is 2.17 bits per heavy atom. The highest BCUT2D eigenvalue weighted by Crippen LogP contribution is 2.21. The molecule has 0 saturated heterocycles. The number of fused-ring (bicyclic) bond motifs is 1. The van der Waals surface area contributed by atoms with Gasteiger partial charge >= 0.3 is 6.09 Å². The minimum atomic E-state index is -1.08. The standard InChI is InChI=1S/C13H14N2O3/c1-3-15(13(16)17)14-9(2)12-11-7-5-4-6-10(11)8-18-12/h4-8H,3H2,1-2H3,(H,16,17). The summed E-state index contributed by atoms with van der Waals surface area (Å²) < 4.78 is 5.45. The lowest BCUT2D eigenvalue weighted by Crippen LogP contribution is -2.24. The number of furan rings is 1. The summed E-state index contributed by atoms with van der Waals surface area (Å²) in [5, 5.41) is 15.8. The van der Waals surface area contributed by atoms with E-state index >= 15 is 0 Å². The molecule has 0 bridgehead atoms. The van der Waals surface area contributed by atoms with Crippen molar-refractivity contribution in [1.29, 1.82) is 0 Å². The zero-order chi connectivity index (χ0) is 13.1. The van der Waals surface area contributed by atoms with Crippen LogP contribution in [0.1, 0.15) is 19.6 Å². The molecule has 0 atom stereocenters. The number of carbonyl (C=O) groups is 1. The van der Waals surface area contributed by atoms with Crippen molar-refractivity contribution in [3.63, 3.8) is 0 Å². The van der Waals surface area contributed by atoms with Crippen molar-refractivity contribution in [2.75, 3.05) is 6.54 Å². The molecule has 5 nitrogen and oxygen atoms in total. The molecule has 0 unspecified atom stereocenters. The molecule has 2 rings (SSSR count). The van der Waals surface area contributed by atoms with Crippen LogP contribution in [-0.4, -0.2) is 28.5 Å². The lowest BCUT2D eigenvalue weighted by molar-refractivity contribution is 0.149. The summed E-state index contributed by atoms with van der Waals surface area (Å²) in [6.07, 6.45) is 0.563. The Kier molecular flexibility index (Phi) is 3.32. The molecule has 1 heterocycles. The van der Waals surface area contributed by atoms with Gasteiger partial charge in [-0.1, -0.05) is 24.3 Å². The molecule has 94 valence electrons. The van der Waals surface area contributed by atoms with Crippen LogP contribution >= 0.6 is 0 Å². The molecule has 1 aromatic carbocycles. The third kappa shape index (κ3) is 2.20. The molecule has 1 aromatic heterocycles. The van der Waals surface area contributed by atoms with Crippen molar-refractivity contribution in [3.05, 3.63) is 36.3 Å². The molecule has 18 heavy (non-hydrogen) atoms. The van der Waals surface area contributed by atoms with E-state index in [9.17, 15) is 4.79 Å². The van der Waals surface area contributed by atoms with Gasteiger partial charge in [0.05, 0.1) is 6.26 Å². The first-order valence-corrected chi connectivity index (χ1v) is 5.65. The van der Waals surface area contributed by atoms with Gasteiger partial charge in [0.2, 0.25) is 0 Å². The van der Waals surface area contributed by atoms with E-state index in [1.807, 2.05) is 24.3 Å². The van der Waals surface area contributed by atoms with Gasteiger partial charge in [0.25, 0.3) is 0 Å². The first-order chi connectivity index (χ1) is 8.63. The number of nitrogens with zero attached hydrogens (tertiary/aromatic N) is 2. The first-order valence-electron chi connectivity index (χ1n) is 5.65. The monoisotopic (exact) mass is 246 g/mol. The van der Waals surface area contributed by atoms with E-state index in [0.29, 0.717) is 18.0 Å². The molecule has 0 aliphatic carbocycles. The maximum Gasteiger partial charge on any atom is 0.427 e.